The van der Waals surface area contributed by atoms with Gasteiger partial charge < -0.3 is 15.5 Å². The lowest BCUT2D eigenvalue weighted by atomic mass is 9.79. The van der Waals surface area contributed by atoms with E-state index in [9.17, 15) is 9.90 Å². The Balaban J connectivity index is 1.79. The van der Waals surface area contributed by atoms with Gasteiger partial charge >= 0.3 is 5.97 Å². The number of hydrogen-bond acceptors (Lipinski definition) is 3. The summed E-state index contributed by atoms with van der Waals surface area (Å²) in [4.78, 5) is 10.6. The molecular weight excluding hydrogens is 266 g/mol. The molecule has 0 amide bonds. The highest BCUT2D eigenvalue weighted by Gasteiger charge is 2.31. The van der Waals surface area contributed by atoms with Crippen LogP contribution in [0.1, 0.15) is 43.7 Å². The van der Waals surface area contributed by atoms with Crippen LogP contribution < -0.4 is 5.32 Å². The van der Waals surface area contributed by atoms with Crippen LogP contribution in [0.15, 0.2) is 24.3 Å². The molecule has 0 aromatic heterocycles. The molecule has 2 unspecified atom stereocenters. The smallest absolute Gasteiger partial charge is 0.307 e. The van der Waals surface area contributed by atoms with E-state index in [1.54, 1.807) is 0 Å². The van der Waals surface area contributed by atoms with E-state index in [4.69, 9.17) is 5.11 Å². The van der Waals surface area contributed by atoms with E-state index < -0.39 is 11.6 Å². The lowest BCUT2D eigenvalue weighted by Crippen LogP contribution is -2.43. The fraction of sp³-hybridized carbons (Fsp3) is 0.588. The summed E-state index contributed by atoms with van der Waals surface area (Å²) in [5.74, 6) is -0.213. The number of carboxylic acids is 1. The van der Waals surface area contributed by atoms with Crippen molar-refractivity contribution in [2.24, 2.45) is 5.92 Å². The Morgan fingerprint density at radius 2 is 2.00 bits per heavy atom. The van der Waals surface area contributed by atoms with Crippen LogP contribution in [0.25, 0.3) is 0 Å². The van der Waals surface area contributed by atoms with Gasteiger partial charge in [0.25, 0.3) is 0 Å². The van der Waals surface area contributed by atoms with Gasteiger partial charge in [0, 0.05) is 13.1 Å². The zero-order valence-electron chi connectivity index (χ0n) is 12.6. The van der Waals surface area contributed by atoms with Crippen molar-refractivity contribution in [1.29, 1.82) is 0 Å². The Labute approximate surface area is 126 Å². The topological polar surface area (TPSA) is 69.6 Å². The van der Waals surface area contributed by atoms with E-state index in [0.29, 0.717) is 19.0 Å². The zero-order valence-corrected chi connectivity index (χ0v) is 12.6. The molecule has 0 aliphatic heterocycles. The molecule has 2 rings (SSSR count). The van der Waals surface area contributed by atoms with Gasteiger partial charge in [-0.3, -0.25) is 4.79 Å². The third kappa shape index (κ3) is 5.14. The highest BCUT2D eigenvalue weighted by molar-refractivity contribution is 5.70. The number of carboxylic acid groups (broad SMARTS) is 1. The molecule has 4 heteroatoms. The summed E-state index contributed by atoms with van der Waals surface area (Å²) in [6.07, 6.45) is 4.13. The van der Waals surface area contributed by atoms with Crippen LogP contribution >= 0.6 is 0 Å². The first-order chi connectivity index (χ1) is 9.97. The van der Waals surface area contributed by atoms with Crippen LogP contribution in [0, 0.1) is 5.92 Å². The highest BCUT2D eigenvalue weighted by atomic mass is 16.4. The van der Waals surface area contributed by atoms with Crippen LogP contribution in [0.5, 0.6) is 0 Å². The van der Waals surface area contributed by atoms with Gasteiger partial charge in [-0.05, 0) is 29.9 Å². The average Bonchev–Trinajstić information content (AvgIpc) is 2.39. The molecule has 0 spiro atoms. The molecule has 4 nitrogen and oxygen atoms in total. The second-order valence-electron chi connectivity index (χ2n) is 6.42. The maximum atomic E-state index is 10.6. The fourth-order valence-electron chi connectivity index (χ4n) is 3.18. The third-order valence-corrected chi connectivity index (χ3v) is 4.23. The molecule has 1 aliphatic rings. The van der Waals surface area contributed by atoms with Crippen molar-refractivity contribution in [1.82, 2.24) is 5.32 Å². The fourth-order valence-corrected chi connectivity index (χ4v) is 3.18. The first-order valence-corrected chi connectivity index (χ1v) is 7.69. The van der Waals surface area contributed by atoms with Crippen molar-refractivity contribution < 1.29 is 15.0 Å². The van der Waals surface area contributed by atoms with Crippen molar-refractivity contribution in [3.05, 3.63) is 35.4 Å². The Bertz CT molecular complexity index is 471. The predicted molar refractivity (Wildman–Crippen MR) is 82.1 cm³/mol. The minimum atomic E-state index is -0.811. The van der Waals surface area contributed by atoms with Crippen LogP contribution in [-0.2, 0) is 17.8 Å². The van der Waals surface area contributed by atoms with E-state index >= 15 is 0 Å². The average molecular weight is 291 g/mol. The molecule has 0 heterocycles. The SMILES string of the molecule is CC1CCCC(O)(CNCc2ccc(CC(=O)O)cc2)C1. The molecule has 116 valence electrons. The van der Waals surface area contributed by atoms with Gasteiger partial charge in [0.2, 0.25) is 0 Å². The van der Waals surface area contributed by atoms with Gasteiger partial charge in [0.1, 0.15) is 0 Å². The number of nitrogens with one attached hydrogen (secondary N) is 1. The summed E-state index contributed by atoms with van der Waals surface area (Å²) < 4.78 is 0. The van der Waals surface area contributed by atoms with E-state index in [0.717, 1.165) is 30.4 Å². The minimum Gasteiger partial charge on any atom is -0.481 e. The van der Waals surface area contributed by atoms with Crippen molar-refractivity contribution in [3.63, 3.8) is 0 Å². The Hall–Kier alpha value is -1.39. The van der Waals surface area contributed by atoms with E-state index in [2.05, 4.69) is 12.2 Å². The molecule has 0 saturated heterocycles. The number of carbonyl (C=O) groups is 1. The lowest BCUT2D eigenvalue weighted by molar-refractivity contribution is -0.136. The third-order valence-electron chi connectivity index (χ3n) is 4.23. The van der Waals surface area contributed by atoms with Crippen molar-refractivity contribution in [2.45, 2.75) is 51.2 Å². The van der Waals surface area contributed by atoms with Gasteiger partial charge in [-0.25, -0.2) is 0 Å². The van der Waals surface area contributed by atoms with E-state index in [1.165, 1.54) is 6.42 Å². The molecule has 0 radical (unpaired) electrons. The Morgan fingerprint density at radius 3 is 2.62 bits per heavy atom. The quantitative estimate of drug-likeness (QED) is 0.752. The number of aliphatic carboxylic acids is 1. The van der Waals surface area contributed by atoms with Crippen LogP contribution in [0.4, 0.5) is 0 Å². The number of hydrogen-bond donors (Lipinski definition) is 3. The summed E-state index contributed by atoms with van der Waals surface area (Å²) in [6, 6.07) is 7.59. The second-order valence-corrected chi connectivity index (χ2v) is 6.42. The van der Waals surface area contributed by atoms with Crippen molar-refractivity contribution in [2.75, 3.05) is 6.54 Å². The van der Waals surface area contributed by atoms with Crippen LogP contribution in [0.3, 0.4) is 0 Å². The van der Waals surface area contributed by atoms with E-state index in [-0.39, 0.29) is 6.42 Å². The van der Waals surface area contributed by atoms with Gasteiger partial charge in [-0.15, -0.1) is 0 Å². The maximum Gasteiger partial charge on any atom is 0.307 e. The van der Waals surface area contributed by atoms with Gasteiger partial charge in [-0.1, -0.05) is 44.0 Å². The molecule has 2 atom stereocenters. The first kappa shape index (κ1) is 16.0. The minimum absolute atomic E-state index is 0.0609. The van der Waals surface area contributed by atoms with Gasteiger partial charge in [0.15, 0.2) is 0 Å². The molecule has 1 aromatic carbocycles. The van der Waals surface area contributed by atoms with Crippen LogP contribution in [-0.4, -0.2) is 28.3 Å². The largest absolute Gasteiger partial charge is 0.481 e. The zero-order chi connectivity index (χ0) is 15.3. The number of rotatable bonds is 6. The molecule has 1 aliphatic carbocycles. The van der Waals surface area contributed by atoms with Gasteiger partial charge in [-0.2, -0.15) is 0 Å². The molecule has 1 fully saturated rings. The number of aliphatic hydroxyl groups is 1. The second kappa shape index (κ2) is 7.05. The highest BCUT2D eigenvalue weighted by Crippen LogP contribution is 2.31. The molecule has 3 N–H and O–H groups in total. The Morgan fingerprint density at radius 1 is 1.33 bits per heavy atom. The summed E-state index contributed by atoms with van der Waals surface area (Å²) in [7, 11) is 0. The summed E-state index contributed by atoms with van der Waals surface area (Å²) in [6.45, 7) is 3.52. The molecule has 1 aromatic rings. The molecular formula is C17H25NO3. The summed E-state index contributed by atoms with van der Waals surface area (Å²) >= 11 is 0. The summed E-state index contributed by atoms with van der Waals surface area (Å²) in [5.41, 5.74) is 1.35. The maximum absolute atomic E-state index is 10.6. The molecule has 0 bridgehead atoms. The first-order valence-electron chi connectivity index (χ1n) is 7.69. The predicted octanol–water partition coefficient (Wildman–Crippen LogP) is 2.34. The van der Waals surface area contributed by atoms with Crippen LogP contribution in [0.2, 0.25) is 0 Å². The normalized spacial score (nSPS) is 25.7. The number of benzene rings is 1. The molecule has 21 heavy (non-hydrogen) atoms. The van der Waals surface area contributed by atoms with Crippen molar-refractivity contribution >= 4 is 5.97 Å². The van der Waals surface area contributed by atoms with Gasteiger partial charge in [0.05, 0.1) is 12.0 Å². The van der Waals surface area contributed by atoms with E-state index in [1.807, 2.05) is 24.3 Å². The molecule has 1 saturated carbocycles. The summed E-state index contributed by atoms with van der Waals surface area (Å²) in [5, 5.41) is 22.6. The lowest BCUT2D eigenvalue weighted by Gasteiger charge is -2.35. The monoisotopic (exact) mass is 291 g/mol. The Kier molecular flexibility index (Phi) is 5.37. The van der Waals surface area contributed by atoms with Crippen molar-refractivity contribution in [3.8, 4) is 0 Å². The standard InChI is InChI=1S/C17H25NO3/c1-13-3-2-8-17(21,10-13)12-18-11-15-6-4-14(5-7-15)9-16(19)20/h4-7,13,18,21H,2-3,8-12H2,1H3,(H,19,20).